The van der Waals surface area contributed by atoms with Crippen LogP contribution >= 0.6 is 0 Å². The molecule has 17 rings (SSSR count). The third kappa shape index (κ3) is 26.2. The summed E-state index contributed by atoms with van der Waals surface area (Å²) in [6, 6.07) is 79.3. The summed E-state index contributed by atoms with van der Waals surface area (Å²) in [5.74, 6) is 7.49. The van der Waals surface area contributed by atoms with Crippen LogP contribution in [0.15, 0.2) is 261 Å². The summed E-state index contributed by atoms with van der Waals surface area (Å²) in [7, 11) is 18.5. The van der Waals surface area contributed by atoms with Crippen LogP contribution in [0.4, 0.5) is 8.78 Å². The van der Waals surface area contributed by atoms with Crippen LogP contribution in [0, 0.1) is 67.0 Å². The first-order valence-electron chi connectivity index (χ1n) is 47.6. The van der Waals surface area contributed by atoms with Crippen LogP contribution in [0.5, 0.6) is 63.2 Å². The van der Waals surface area contributed by atoms with E-state index in [0.29, 0.717) is 69.4 Å². The Morgan fingerprint density at radius 1 is 0.288 bits per heavy atom. The quantitative estimate of drug-likeness (QED) is 0.0337. The maximum atomic E-state index is 13.4. The van der Waals surface area contributed by atoms with Gasteiger partial charge in [0.2, 0.25) is 6.79 Å². The van der Waals surface area contributed by atoms with E-state index in [1.54, 1.807) is 67.8 Å². The minimum Gasteiger partial charge on any atom is -0.497 e. The fourth-order valence-electron chi connectivity index (χ4n) is 17.7. The van der Waals surface area contributed by atoms with Crippen LogP contribution in [-0.4, -0.2) is 157 Å². The molecule has 4 aromatic heterocycles. The van der Waals surface area contributed by atoms with E-state index in [9.17, 15) is 28.0 Å². The average molecular weight is 1870 g/mol. The Bertz CT molecular complexity index is 6970. The van der Waals surface area contributed by atoms with Crippen molar-refractivity contribution in [1.29, 1.82) is 0 Å². The Balaban J connectivity index is 0.000000148. The SMILES string of the molecule is COc1ccc(CC(=O)c2ccc(Oc3ccc4c(c3)c(C)c(C)n4CCCN(C)C)cc2)cc1.Cc1c(C)n(CCCN(C)C)c2ccc(Oc3ccc(C(=O)Cc4ccc(F)cc4)cc3)cc12.Cc1c(C)n(CCCN(C)C)c2ccc(Oc3ccc(C(=O)Cc4ccc5c(c4)OCO5)cc3)cc12.Cc1c(C)n(CCCN(C)C)c2ccc(Oc3ccc(C(=O)Cc4cccc(F)c4)cc3)cc12. The first kappa shape index (κ1) is 101. The molecule has 16 aromatic rings. The number of benzene rings is 12. The molecular formula is C118H128F2N8O11. The fourth-order valence-corrected chi connectivity index (χ4v) is 17.7. The van der Waals surface area contributed by atoms with Gasteiger partial charge in [-0.15, -0.1) is 0 Å². The Morgan fingerprint density at radius 2 is 0.554 bits per heavy atom. The van der Waals surface area contributed by atoms with Gasteiger partial charge in [-0.25, -0.2) is 8.78 Å². The average Bonchev–Trinajstić information content (AvgIpc) is 1.64. The smallest absolute Gasteiger partial charge is 0.231 e. The highest BCUT2D eigenvalue weighted by atomic mass is 19.1. The Labute approximate surface area is 815 Å². The van der Waals surface area contributed by atoms with Gasteiger partial charge < -0.3 is 71.0 Å². The number of rotatable bonds is 37. The fraction of sp³-hybridized carbons (Fsp3) is 0.288. The van der Waals surface area contributed by atoms with Crippen LogP contribution in [0.25, 0.3) is 43.6 Å². The zero-order valence-corrected chi connectivity index (χ0v) is 83.2. The molecule has 0 spiro atoms. The lowest BCUT2D eigenvalue weighted by Gasteiger charge is -2.12. The monoisotopic (exact) mass is 1870 g/mol. The molecule has 1 aliphatic rings. The van der Waals surface area contributed by atoms with Gasteiger partial charge in [0.15, 0.2) is 34.6 Å². The first-order chi connectivity index (χ1) is 66.9. The zero-order valence-electron chi connectivity index (χ0n) is 83.2. The number of ether oxygens (including phenoxy) is 7. The number of methoxy groups -OCH3 is 1. The largest absolute Gasteiger partial charge is 0.497 e. The van der Waals surface area contributed by atoms with Gasteiger partial charge in [-0.3, -0.25) is 19.2 Å². The number of halogens is 2. The summed E-state index contributed by atoms with van der Waals surface area (Å²) in [5, 5.41) is 4.83. The highest BCUT2D eigenvalue weighted by molar-refractivity contribution is 6.00. The van der Waals surface area contributed by atoms with Gasteiger partial charge >= 0.3 is 0 Å². The van der Waals surface area contributed by atoms with E-state index in [1.807, 2.05) is 127 Å². The number of carbonyl (C=O) groups is 4. The van der Waals surface area contributed by atoms with Crippen molar-refractivity contribution in [3.05, 3.63) is 362 Å². The van der Waals surface area contributed by atoms with Crippen molar-refractivity contribution >= 4 is 66.7 Å². The minimum atomic E-state index is -0.333. The molecule has 0 bridgehead atoms. The van der Waals surface area contributed by atoms with Crippen molar-refractivity contribution in [2.24, 2.45) is 0 Å². The van der Waals surface area contributed by atoms with Crippen molar-refractivity contribution in [1.82, 2.24) is 37.9 Å². The predicted octanol–water partition coefficient (Wildman–Crippen LogP) is 25.7. The van der Waals surface area contributed by atoms with Crippen LogP contribution in [0.1, 0.15) is 134 Å². The molecule has 12 aromatic carbocycles. The van der Waals surface area contributed by atoms with Crippen molar-refractivity contribution in [3.8, 4) is 63.2 Å². The van der Waals surface area contributed by atoms with Gasteiger partial charge in [-0.2, -0.15) is 0 Å². The van der Waals surface area contributed by atoms with Gasteiger partial charge in [0.25, 0.3) is 0 Å². The summed E-state index contributed by atoms with van der Waals surface area (Å²) in [6.07, 6.45) is 5.47. The zero-order chi connectivity index (χ0) is 98.7. The second kappa shape index (κ2) is 46.8. The maximum absolute atomic E-state index is 13.4. The minimum absolute atomic E-state index is 0.0127. The molecule has 0 saturated carbocycles. The van der Waals surface area contributed by atoms with Gasteiger partial charge in [-0.05, 0) is 427 Å². The Morgan fingerprint density at radius 3 is 0.849 bits per heavy atom. The Hall–Kier alpha value is -14.2. The summed E-state index contributed by atoms with van der Waals surface area (Å²) >= 11 is 0. The van der Waals surface area contributed by atoms with Gasteiger partial charge in [0, 0.05) is 141 Å². The summed E-state index contributed by atoms with van der Waals surface area (Å²) < 4.78 is 76.5. The van der Waals surface area contributed by atoms with Crippen LogP contribution in [0.2, 0.25) is 0 Å². The van der Waals surface area contributed by atoms with Gasteiger partial charge in [0.05, 0.1) is 7.11 Å². The second-order valence-corrected chi connectivity index (χ2v) is 37.0. The number of hydrogen-bond donors (Lipinski definition) is 0. The molecule has 720 valence electrons. The molecule has 1 aliphatic heterocycles. The second-order valence-electron chi connectivity index (χ2n) is 37.0. The summed E-state index contributed by atoms with van der Waals surface area (Å²) in [5.41, 5.74) is 21.0. The molecule has 139 heavy (non-hydrogen) atoms. The third-order valence-corrected chi connectivity index (χ3v) is 25.9. The van der Waals surface area contributed by atoms with E-state index < -0.39 is 0 Å². The standard InChI is InChI=1S/C30H32N2O4.C30H34N2O3.2C29H31FN2O2/c1-20-21(2)32(15-5-14-31(3)4)27-12-11-25(18-26(20)27)36-24-9-7-23(8-10-24)28(33)16-22-6-13-29-30(17-22)35-19-34-29;1-21-22(2)32(18-6-17-31(3)4)29-16-15-27(20-28(21)29)35-26-13-9-24(10-14-26)30(33)19-23-7-11-25(34-5)12-8-23;1-20-21(2)32(17-5-16-31(3)4)28-15-14-26(19-27(20)28)34-25-12-8-23(9-13-25)29(33)18-22-6-10-24(30)11-7-22;1-20-21(2)32(16-6-15-31(3)4)28-14-13-26(19-27(20)28)34-25-11-9-23(10-12-25)29(33)18-22-7-5-8-24(30)17-22/h6-13,17-18H,5,14-16,19H2,1-4H3;7-16,20H,6,17-19H2,1-5H3;6-15,19H,5,16-18H2,1-4H3;5,7-14,17,19H,6,15-16,18H2,1-4H3. The molecule has 5 heterocycles. The lowest BCUT2D eigenvalue weighted by molar-refractivity contribution is 0.0984. The lowest BCUT2D eigenvalue weighted by atomic mass is 10.0. The summed E-state index contributed by atoms with van der Waals surface area (Å²) in [6.45, 7) is 25.8. The first-order valence-corrected chi connectivity index (χ1v) is 47.6. The van der Waals surface area contributed by atoms with Crippen molar-refractivity contribution in [2.45, 2.75) is 133 Å². The number of carbonyl (C=O) groups excluding carboxylic acids is 4. The summed E-state index contributed by atoms with van der Waals surface area (Å²) in [4.78, 5) is 59.5. The normalized spacial score (nSPS) is 11.6. The molecule has 0 saturated heterocycles. The molecule has 19 nitrogen and oxygen atoms in total. The van der Waals surface area contributed by atoms with Crippen molar-refractivity contribution in [3.63, 3.8) is 0 Å². The number of aryl methyl sites for hydroxylation is 8. The Kier molecular flexibility index (Phi) is 33.9. The topological polar surface area (TPSA) is 166 Å². The number of ketones is 4. The molecule has 0 fully saturated rings. The van der Waals surface area contributed by atoms with E-state index in [2.05, 4.69) is 198 Å². The van der Waals surface area contributed by atoms with E-state index in [4.69, 9.17) is 33.2 Å². The number of hydrogen-bond acceptors (Lipinski definition) is 15. The highest BCUT2D eigenvalue weighted by Gasteiger charge is 2.22. The number of aromatic nitrogens is 4. The molecule has 0 aliphatic carbocycles. The molecule has 0 atom stereocenters. The molecule has 0 amide bonds. The molecule has 0 unspecified atom stereocenters. The van der Waals surface area contributed by atoms with Crippen molar-refractivity contribution in [2.75, 3.05) is 96.5 Å². The van der Waals surface area contributed by atoms with Gasteiger partial charge in [-0.1, -0.05) is 42.5 Å². The van der Waals surface area contributed by atoms with Gasteiger partial charge in [0.1, 0.15) is 63.4 Å². The van der Waals surface area contributed by atoms with Crippen LogP contribution < -0.4 is 33.2 Å². The lowest BCUT2D eigenvalue weighted by Crippen LogP contribution is -2.15. The maximum Gasteiger partial charge on any atom is 0.231 e. The highest BCUT2D eigenvalue weighted by Crippen LogP contribution is 2.39. The van der Waals surface area contributed by atoms with Crippen molar-refractivity contribution < 1.29 is 61.1 Å². The number of nitrogens with zero attached hydrogens (tertiary/aromatic N) is 8. The van der Waals surface area contributed by atoms with E-state index >= 15 is 0 Å². The molecule has 0 N–H and O–H groups in total. The van der Waals surface area contributed by atoms with Crippen LogP contribution in [-0.2, 0) is 51.9 Å². The molecular weight excluding hydrogens is 1740 g/mol. The van der Waals surface area contributed by atoms with Crippen LogP contribution in [0.3, 0.4) is 0 Å². The number of Topliss-reactive ketones (excluding diaryl/α,β-unsaturated/α-hetero) is 4. The third-order valence-electron chi connectivity index (χ3n) is 25.9. The number of fused-ring (bicyclic) bond motifs is 5. The molecule has 0 radical (unpaired) electrons. The molecule has 21 heteroatoms. The predicted molar refractivity (Wildman–Crippen MR) is 555 cm³/mol. The van der Waals surface area contributed by atoms with E-state index in [1.165, 1.54) is 113 Å². The van der Waals surface area contributed by atoms with E-state index in [-0.39, 0.29) is 54.4 Å². The van der Waals surface area contributed by atoms with E-state index in [0.717, 1.165) is 129 Å².